The summed E-state index contributed by atoms with van der Waals surface area (Å²) in [5, 5.41) is 14.2. The van der Waals surface area contributed by atoms with Crippen molar-refractivity contribution in [2.24, 2.45) is 0 Å². The summed E-state index contributed by atoms with van der Waals surface area (Å²) in [6, 6.07) is 70.2. The molecule has 1 aliphatic rings. The lowest BCUT2D eigenvalue weighted by molar-refractivity contribution is 1.07. The average Bonchev–Trinajstić information content (AvgIpc) is 3.63. The van der Waals surface area contributed by atoms with E-state index in [-0.39, 0.29) is 0 Å². The molecule has 0 spiro atoms. The van der Waals surface area contributed by atoms with Crippen LogP contribution in [0.2, 0.25) is 0 Å². The summed E-state index contributed by atoms with van der Waals surface area (Å²) >= 11 is 0. The third kappa shape index (κ3) is 5.65. The minimum atomic E-state index is 0.633. The summed E-state index contributed by atoms with van der Waals surface area (Å²) in [6.07, 6.45) is 0. The van der Waals surface area contributed by atoms with Crippen LogP contribution in [0.15, 0.2) is 194 Å². The zero-order valence-electron chi connectivity index (χ0n) is 31.3. The first-order valence-corrected chi connectivity index (χ1v) is 19.4. The van der Waals surface area contributed by atoms with Crippen LogP contribution >= 0.6 is 0 Å². The number of rotatable bonds is 6. The van der Waals surface area contributed by atoms with Crippen molar-refractivity contribution in [3.63, 3.8) is 0 Å². The van der Waals surface area contributed by atoms with Gasteiger partial charge in [-0.15, -0.1) is 0 Å². The molecule has 1 heterocycles. The molecule has 0 atom stereocenters. The summed E-state index contributed by atoms with van der Waals surface area (Å²) in [4.78, 5) is 14.7. The molecule has 0 saturated carbocycles. The van der Waals surface area contributed by atoms with Crippen LogP contribution in [0.4, 0.5) is 0 Å². The van der Waals surface area contributed by atoms with Crippen molar-refractivity contribution in [2.45, 2.75) is 0 Å². The fraction of sp³-hybridized carbons (Fsp3) is 0. The first-order valence-electron chi connectivity index (χ1n) is 19.4. The van der Waals surface area contributed by atoms with Crippen LogP contribution in [-0.4, -0.2) is 15.0 Å². The lowest BCUT2D eigenvalue weighted by atomic mass is 9.87. The van der Waals surface area contributed by atoms with E-state index in [1.54, 1.807) is 0 Å². The summed E-state index contributed by atoms with van der Waals surface area (Å²) < 4.78 is 0. The molecule has 0 N–H and O–H groups in total. The van der Waals surface area contributed by atoms with E-state index in [9.17, 15) is 5.26 Å². The van der Waals surface area contributed by atoms with E-state index in [2.05, 4.69) is 121 Å². The van der Waals surface area contributed by atoms with Crippen LogP contribution in [0.5, 0.6) is 0 Å². The number of aromatic nitrogens is 3. The highest BCUT2D eigenvalue weighted by atomic mass is 15.0. The van der Waals surface area contributed by atoms with Crippen molar-refractivity contribution in [2.75, 3.05) is 0 Å². The molecule has 10 aromatic rings. The van der Waals surface area contributed by atoms with Crippen LogP contribution in [-0.2, 0) is 0 Å². The van der Waals surface area contributed by atoms with Gasteiger partial charge in [-0.05, 0) is 101 Å². The Morgan fingerprint density at radius 2 is 0.724 bits per heavy atom. The number of benzene rings is 9. The first-order chi connectivity index (χ1) is 28.7. The summed E-state index contributed by atoms with van der Waals surface area (Å²) in [7, 11) is 0. The molecule has 0 amide bonds. The fourth-order valence-corrected chi connectivity index (χ4v) is 8.48. The minimum Gasteiger partial charge on any atom is -0.208 e. The minimum absolute atomic E-state index is 0.633. The molecule has 4 nitrogen and oxygen atoms in total. The summed E-state index contributed by atoms with van der Waals surface area (Å²) in [5.41, 5.74) is 15.5. The molecule has 0 bridgehead atoms. The predicted molar refractivity (Wildman–Crippen MR) is 237 cm³/mol. The third-order valence-corrected chi connectivity index (χ3v) is 11.3. The van der Waals surface area contributed by atoms with E-state index in [0.717, 1.165) is 49.7 Å². The van der Waals surface area contributed by atoms with Crippen molar-refractivity contribution in [1.29, 1.82) is 5.26 Å². The molecular weight excluding hydrogens is 705 g/mol. The normalized spacial score (nSPS) is 11.4. The number of hydrogen-bond donors (Lipinski definition) is 0. The standard InChI is InChI=1S/C54H32N4/c55-33-34-18-19-41-32-43(25-24-40(41)30-34)45-27-29-49-47-17-8-7-16-46(47)48-28-26-44(50(45)51(48)49)42-15-9-14-39(31-42)35-20-22-38(23-21-35)54-57-52(36-10-3-1-4-11-36)56-53(58-54)37-12-5-2-6-13-37/h1-32H. The highest BCUT2D eigenvalue weighted by molar-refractivity contribution is 6.22. The Hall–Kier alpha value is -8.00. The SMILES string of the molecule is N#Cc1ccc2cc(-c3ccc4c5c(ccc(-c6cccc(-c7ccc(-c8nc(-c9ccccc9)nc(-c9ccccc9)n8)cc7)c6)c35)-c3ccccc3-4)ccc2c1. The van der Waals surface area contributed by atoms with Crippen LogP contribution in [0.3, 0.4) is 0 Å². The van der Waals surface area contributed by atoms with E-state index in [0.29, 0.717) is 23.0 Å². The van der Waals surface area contributed by atoms with E-state index in [4.69, 9.17) is 15.0 Å². The fourth-order valence-electron chi connectivity index (χ4n) is 8.48. The van der Waals surface area contributed by atoms with Crippen molar-refractivity contribution < 1.29 is 0 Å². The second-order valence-corrected chi connectivity index (χ2v) is 14.7. The maximum Gasteiger partial charge on any atom is 0.164 e. The van der Waals surface area contributed by atoms with E-state index >= 15 is 0 Å². The Labute approximate surface area is 336 Å². The van der Waals surface area contributed by atoms with Crippen LogP contribution < -0.4 is 0 Å². The molecule has 0 aliphatic heterocycles. The molecule has 0 fully saturated rings. The smallest absolute Gasteiger partial charge is 0.164 e. The van der Waals surface area contributed by atoms with Gasteiger partial charge in [0.1, 0.15) is 0 Å². The zero-order valence-corrected chi connectivity index (χ0v) is 31.3. The Morgan fingerprint density at radius 3 is 1.33 bits per heavy atom. The van der Waals surface area contributed by atoms with Crippen LogP contribution in [0.1, 0.15) is 5.56 Å². The van der Waals surface area contributed by atoms with Gasteiger partial charge in [-0.1, -0.05) is 170 Å². The van der Waals surface area contributed by atoms with Crippen molar-refractivity contribution in [3.8, 4) is 95.9 Å². The lowest BCUT2D eigenvalue weighted by Gasteiger charge is -2.16. The van der Waals surface area contributed by atoms with Gasteiger partial charge in [0.2, 0.25) is 0 Å². The molecule has 268 valence electrons. The average molecular weight is 737 g/mol. The third-order valence-electron chi connectivity index (χ3n) is 11.3. The molecular formula is C54H32N4. The van der Waals surface area contributed by atoms with E-state index in [1.807, 2.05) is 78.9 Å². The highest BCUT2D eigenvalue weighted by Gasteiger charge is 2.25. The second kappa shape index (κ2) is 13.6. The van der Waals surface area contributed by atoms with Gasteiger partial charge in [-0.25, -0.2) is 15.0 Å². The highest BCUT2D eigenvalue weighted by Crippen LogP contribution is 2.52. The largest absolute Gasteiger partial charge is 0.208 e. The van der Waals surface area contributed by atoms with Gasteiger partial charge in [-0.2, -0.15) is 5.26 Å². The number of hydrogen-bond acceptors (Lipinski definition) is 4. The molecule has 9 aromatic carbocycles. The van der Waals surface area contributed by atoms with E-state index < -0.39 is 0 Å². The Bertz CT molecular complexity index is 3190. The topological polar surface area (TPSA) is 62.5 Å². The van der Waals surface area contributed by atoms with Crippen molar-refractivity contribution >= 4 is 21.5 Å². The van der Waals surface area contributed by atoms with Gasteiger partial charge in [-0.3, -0.25) is 0 Å². The molecule has 0 unspecified atom stereocenters. The maximum atomic E-state index is 9.50. The molecule has 11 rings (SSSR count). The molecule has 4 heteroatoms. The van der Waals surface area contributed by atoms with Gasteiger partial charge < -0.3 is 0 Å². The Kier molecular flexibility index (Phi) is 7.84. The predicted octanol–water partition coefficient (Wildman–Crippen LogP) is 13.7. The monoisotopic (exact) mass is 736 g/mol. The number of fused-ring (bicyclic) bond motifs is 4. The summed E-state index contributed by atoms with van der Waals surface area (Å²) in [6.45, 7) is 0. The van der Waals surface area contributed by atoms with E-state index in [1.165, 1.54) is 44.2 Å². The number of nitrogens with zero attached hydrogens (tertiary/aromatic N) is 4. The van der Waals surface area contributed by atoms with Gasteiger partial charge in [0.15, 0.2) is 17.5 Å². The molecule has 1 aliphatic carbocycles. The number of nitriles is 1. The van der Waals surface area contributed by atoms with Gasteiger partial charge >= 0.3 is 0 Å². The molecule has 0 radical (unpaired) electrons. The molecule has 0 saturated heterocycles. The first kappa shape index (κ1) is 33.3. The Balaban J connectivity index is 1.02. The molecule has 1 aromatic heterocycles. The lowest BCUT2D eigenvalue weighted by Crippen LogP contribution is -2.00. The van der Waals surface area contributed by atoms with Crippen LogP contribution in [0.25, 0.3) is 111 Å². The van der Waals surface area contributed by atoms with Gasteiger partial charge in [0.25, 0.3) is 0 Å². The van der Waals surface area contributed by atoms with Crippen molar-refractivity contribution in [3.05, 3.63) is 200 Å². The van der Waals surface area contributed by atoms with Crippen LogP contribution in [0, 0.1) is 11.3 Å². The van der Waals surface area contributed by atoms with Crippen molar-refractivity contribution in [1.82, 2.24) is 15.0 Å². The molecule has 58 heavy (non-hydrogen) atoms. The van der Waals surface area contributed by atoms with Gasteiger partial charge in [0.05, 0.1) is 11.6 Å². The Morgan fingerprint density at radius 1 is 0.293 bits per heavy atom. The second-order valence-electron chi connectivity index (χ2n) is 14.7. The quantitative estimate of drug-likeness (QED) is 0.170. The summed E-state index contributed by atoms with van der Waals surface area (Å²) in [5.74, 6) is 1.92. The zero-order chi connectivity index (χ0) is 38.6. The van der Waals surface area contributed by atoms with Gasteiger partial charge in [0, 0.05) is 16.7 Å². The maximum absolute atomic E-state index is 9.50.